The van der Waals surface area contributed by atoms with Crippen LogP contribution in [0.5, 0.6) is 0 Å². The van der Waals surface area contributed by atoms with Gasteiger partial charge in [0.1, 0.15) is 0 Å². The minimum Gasteiger partial charge on any atom is -0.465 e. The van der Waals surface area contributed by atoms with Crippen molar-refractivity contribution < 1.29 is 14.7 Å². The molecule has 3 rings (SSSR count). The summed E-state index contributed by atoms with van der Waals surface area (Å²) in [6.45, 7) is 2.82. The summed E-state index contributed by atoms with van der Waals surface area (Å²) in [6, 6.07) is 0. The van der Waals surface area contributed by atoms with Crippen molar-refractivity contribution >= 4 is 12.0 Å². The summed E-state index contributed by atoms with van der Waals surface area (Å²) in [5.74, 6) is 1.56. The number of carboxylic acid groups (broad SMARTS) is 1. The fourth-order valence-corrected chi connectivity index (χ4v) is 3.06. The smallest absolute Gasteiger partial charge is 0.407 e. The topological polar surface area (TPSA) is 60.9 Å². The fraction of sp³-hybridized carbons (Fsp3) is 0.833. The average molecular weight is 238 g/mol. The SMILES string of the molecule is O=C(O)N1CC2CC(=O)N(CC3CC3)CC2C1. The van der Waals surface area contributed by atoms with Gasteiger partial charge in [-0.3, -0.25) is 4.79 Å². The molecule has 1 N–H and O–H groups in total. The van der Waals surface area contributed by atoms with Crippen molar-refractivity contribution in [2.45, 2.75) is 19.3 Å². The van der Waals surface area contributed by atoms with Crippen LogP contribution in [0.4, 0.5) is 4.79 Å². The van der Waals surface area contributed by atoms with Crippen LogP contribution >= 0.6 is 0 Å². The largest absolute Gasteiger partial charge is 0.465 e. The van der Waals surface area contributed by atoms with Crippen LogP contribution in [0.15, 0.2) is 0 Å². The third-order valence-electron chi connectivity index (χ3n) is 4.27. The first-order valence-corrected chi connectivity index (χ1v) is 6.39. The summed E-state index contributed by atoms with van der Waals surface area (Å²) in [6.07, 6.45) is 2.19. The Hall–Kier alpha value is -1.26. The van der Waals surface area contributed by atoms with Gasteiger partial charge in [-0.1, -0.05) is 0 Å². The van der Waals surface area contributed by atoms with Gasteiger partial charge in [-0.05, 0) is 30.6 Å². The zero-order valence-electron chi connectivity index (χ0n) is 9.84. The molecule has 0 aromatic rings. The molecular formula is C12H18N2O3. The van der Waals surface area contributed by atoms with Gasteiger partial charge in [0.05, 0.1) is 0 Å². The number of hydrogen-bond donors (Lipinski definition) is 1. The number of amides is 2. The monoisotopic (exact) mass is 238 g/mol. The summed E-state index contributed by atoms with van der Waals surface area (Å²) >= 11 is 0. The highest BCUT2D eigenvalue weighted by atomic mass is 16.4. The van der Waals surface area contributed by atoms with Crippen LogP contribution < -0.4 is 0 Å². The van der Waals surface area contributed by atoms with Gasteiger partial charge >= 0.3 is 6.09 Å². The Balaban J connectivity index is 1.63. The minimum atomic E-state index is -0.847. The molecule has 3 fully saturated rings. The average Bonchev–Trinajstić information content (AvgIpc) is 2.98. The molecule has 2 unspecified atom stereocenters. The second-order valence-corrected chi connectivity index (χ2v) is 5.65. The molecule has 2 saturated heterocycles. The standard InChI is InChI=1S/C12H18N2O3/c15-11-3-9-5-14(12(16)17)7-10(9)6-13(11)4-8-1-2-8/h8-10H,1-7H2,(H,16,17). The van der Waals surface area contributed by atoms with Gasteiger partial charge < -0.3 is 14.9 Å². The first-order valence-electron chi connectivity index (χ1n) is 6.39. The lowest BCUT2D eigenvalue weighted by Gasteiger charge is -2.34. The molecule has 0 aromatic heterocycles. The number of nitrogens with zero attached hydrogens (tertiary/aromatic N) is 2. The van der Waals surface area contributed by atoms with Crippen LogP contribution in [0.2, 0.25) is 0 Å². The van der Waals surface area contributed by atoms with E-state index in [0.29, 0.717) is 31.3 Å². The Morgan fingerprint density at radius 3 is 2.59 bits per heavy atom. The van der Waals surface area contributed by atoms with Gasteiger partial charge in [-0.25, -0.2) is 4.79 Å². The van der Waals surface area contributed by atoms with Crippen LogP contribution in [0, 0.1) is 17.8 Å². The molecule has 2 atom stereocenters. The van der Waals surface area contributed by atoms with E-state index < -0.39 is 6.09 Å². The Morgan fingerprint density at radius 2 is 1.94 bits per heavy atom. The van der Waals surface area contributed by atoms with Crippen molar-refractivity contribution in [3.05, 3.63) is 0 Å². The van der Waals surface area contributed by atoms with Crippen molar-refractivity contribution in [3.63, 3.8) is 0 Å². The first-order chi connectivity index (χ1) is 8.13. The number of carbonyl (C=O) groups excluding carboxylic acids is 1. The zero-order chi connectivity index (χ0) is 12.0. The second-order valence-electron chi connectivity index (χ2n) is 5.65. The van der Waals surface area contributed by atoms with E-state index in [9.17, 15) is 9.59 Å². The van der Waals surface area contributed by atoms with E-state index in [1.165, 1.54) is 17.7 Å². The fourth-order valence-electron chi connectivity index (χ4n) is 3.06. The van der Waals surface area contributed by atoms with Crippen molar-refractivity contribution in [1.82, 2.24) is 9.80 Å². The van der Waals surface area contributed by atoms with Crippen molar-refractivity contribution in [3.8, 4) is 0 Å². The van der Waals surface area contributed by atoms with Crippen LogP contribution in [0.25, 0.3) is 0 Å². The molecule has 0 spiro atoms. The van der Waals surface area contributed by atoms with Crippen molar-refractivity contribution in [2.75, 3.05) is 26.2 Å². The summed E-state index contributed by atoms with van der Waals surface area (Å²) < 4.78 is 0. The normalized spacial score (nSPS) is 32.8. The van der Waals surface area contributed by atoms with Gasteiger partial charge in [0, 0.05) is 32.6 Å². The molecule has 5 nitrogen and oxygen atoms in total. The van der Waals surface area contributed by atoms with E-state index in [0.717, 1.165) is 13.1 Å². The Labute approximate surface area is 100 Å². The van der Waals surface area contributed by atoms with Gasteiger partial charge in [0.15, 0.2) is 0 Å². The third-order valence-corrected chi connectivity index (χ3v) is 4.27. The molecule has 2 amide bonds. The molecule has 5 heteroatoms. The highest BCUT2D eigenvalue weighted by Crippen LogP contribution is 2.35. The maximum absolute atomic E-state index is 11.9. The molecule has 17 heavy (non-hydrogen) atoms. The lowest BCUT2D eigenvalue weighted by Crippen LogP contribution is -2.44. The zero-order valence-corrected chi connectivity index (χ0v) is 9.84. The van der Waals surface area contributed by atoms with E-state index in [4.69, 9.17) is 5.11 Å². The van der Waals surface area contributed by atoms with Crippen LogP contribution in [0.3, 0.4) is 0 Å². The molecule has 2 aliphatic heterocycles. The Morgan fingerprint density at radius 1 is 1.24 bits per heavy atom. The van der Waals surface area contributed by atoms with Gasteiger partial charge in [0.25, 0.3) is 0 Å². The third kappa shape index (κ3) is 2.10. The molecule has 94 valence electrons. The van der Waals surface area contributed by atoms with E-state index in [1.54, 1.807) is 0 Å². The number of carbonyl (C=O) groups is 2. The Bertz CT molecular complexity index is 354. The highest BCUT2D eigenvalue weighted by Gasteiger charge is 2.42. The summed E-state index contributed by atoms with van der Waals surface area (Å²) in [7, 11) is 0. The van der Waals surface area contributed by atoms with Gasteiger partial charge in [0.2, 0.25) is 5.91 Å². The molecule has 2 heterocycles. The summed E-state index contributed by atoms with van der Waals surface area (Å²) in [5, 5.41) is 8.97. The molecule has 0 bridgehead atoms. The van der Waals surface area contributed by atoms with Crippen LogP contribution in [-0.4, -0.2) is 53.1 Å². The molecule has 1 saturated carbocycles. The molecule has 0 aromatic carbocycles. The van der Waals surface area contributed by atoms with Crippen LogP contribution in [0.1, 0.15) is 19.3 Å². The van der Waals surface area contributed by atoms with Crippen molar-refractivity contribution in [2.24, 2.45) is 17.8 Å². The molecule has 1 aliphatic carbocycles. The summed E-state index contributed by atoms with van der Waals surface area (Å²) in [5.41, 5.74) is 0. The highest BCUT2D eigenvalue weighted by molar-refractivity contribution is 5.78. The van der Waals surface area contributed by atoms with E-state index in [2.05, 4.69) is 0 Å². The number of fused-ring (bicyclic) bond motifs is 1. The van der Waals surface area contributed by atoms with E-state index >= 15 is 0 Å². The van der Waals surface area contributed by atoms with Gasteiger partial charge in [-0.15, -0.1) is 0 Å². The molecule has 3 aliphatic rings. The predicted octanol–water partition coefficient (Wildman–Crippen LogP) is 0.855. The van der Waals surface area contributed by atoms with Crippen molar-refractivity contribution in [1.29, 1.82) is 0 Å². The maximum atomic E-state index is 11.9. The van der Waals surface area contributed by atoms with Gasteiger partial charge in [-0.2, -0.15) is 0 Å². The Kier molecular flexibility index (Phi) is 2.49. The first kappa shape index (κ1) is 10.9. The summed E-state index contributed by atoms with van der Waals surface area (Å²) in [4.78, 5) is 26.3. The second kappa shape index (κ2) is 3.89. The minimum absolute atomic E-state index is 0.227. The number of likely N-dealkylation sites (tertiary alicyclic amines) is 2. The predicted molar refractivity (Wildman–Crippen MR) is 60.5 cm³/mol. The lowest BCUT2D eigenvalue weighted by molar-refractivity contribution is -0.136. The maximum Gasteiger partial charge on any atom is 0.407 e. The quantitative estimate of drug-likeness (QED) is 0.776. The lowest BCUT2D eigenvalue weighted by atomic mass is 9.88. The van der Waals surface area contributed by atoms with E-state index in [-0.39, 0.29) is 11.8 Å². The van der Waals surface area contributed by atoms with Crippen LogP contribution in [-0.2, 0) is 4.79 Å². The molecular weight excluding hydrogens is 220 g/mol. The molecule has 0 radical (unpaired) electrons. The number of piperidine rings is 1. The number of rotatable bonds is 2. The van der Waals surface area contributed by atoms with E-state index in [1.807, 2.05) is 4.90 Å². The number of hydrogen-bond acceptors (Lipinski definition) is 2.